The summed E-state index contributed by atoms with van der Waals surface area (Å²) in [6, 6.07) is 6.38. The fraction of sp³-hybridized carbons (Fsp3) is 0.632. The molecule has 1 atom stereocenters. The molecule has 0 aromatic heterocycles. The van der Waals surface area contributed by atoms with Gasteiger partial charge in [-0.05, 0) is 75.6 Å². The molecule has 1 amide bonds. The third-order valence-electron chi connectivity index (χ3n) is 4.29. The van der Waals surface area contributed by atoms with E-state index in [2.05, 4.69) is 55.6 Å². The molecule has 0 saturated carbocycles. The number of carbonyl (C=O) groups excluding carboxylic acids is 1. The highest BCUT2D eigenvalue weighted by Gasteiger charge is 2.17. The van der Waals surface area contributed by atoms with E-state index < -0.39 is 0 Å². The summed E-state index contributed by atoms with van der Waals surface area (Å²) >= 11 is 0. The van der Waals surface area contributed by atoms with E-state index in [-0.39, 0.29) is 36.8 Å². The Bertz CT molecular complexity index is 525. The van der Waals surface area contributed by atoms with Gasteiger partial charge in [-0.25, -0.2) is 0 Å². The minimum atomic E-state index is 0. The smallest absolute Gasteiger partial charge is 0.251 e. The molecular formula is C19H33Cl2N3O. The first-order valence-electron chi connectivity index (χ1n) is 8.74. The summed E-state index contributed by atoms with van der Waals surface area (Å²) in [7, 11) is 4.10. The average Bonchev–Trinajstić information content (AvgIpc) is 2.69. The Balaban J connectivity index is 0.00000288. The number of hydrogen-bond donors (Lipinski definition) is 2. The second-order valence-electron chi connectivity index (χ2n) is 7.30. The van der Waals surface area contributed by atoms with Gasteiger partial charge in [0.05, 0.1) is 0 Å². The van der Waals surface area contributed by atoms with Gasteiger partial charge in [-0.1, -0.05) is 19.9 Å². The summed E-state index contributed by atoms with van der Waals surface area (Å²) in [4.78, 5) is 14.8. The van der Waals surface area contributed by atoms with Crippen LogP contribution in [0, 0.1) is 5.92 Å². The number of fused-ring (bicyclic) bond motifs is 1. The van der Waals surface area contributed by atoms with Crippen LogP contribution in [0.1, 0.15) is 41.8 Å². The van der Waals surface area contributed by atoms with Crippen molar-refractivity contribution in [1.82, 2.24) is 15.5 Å². The van der Waals surface area contributed by atoms with E-state index in [4.69, 9.17) is 0 Å². The summed E-state index contributed by atoms with van der Waals surface area (Å²) in [6.07, 6.45) is 3.05. The highest BCUT2D eigenvalue weighted by atomic mass is 35.5. The summed E-state index contributed by atoms with van der Waals surface area (Å²) in [5.41, 5.74) is 3.48. The van der Waals surface area contributed by atoms with Crippen LogP contribution >= 0.6 is 24.8 Å². The fourth-order valence-corrected chi connectivity index (χ4v) is 3.27. The van der Waals surface area contributed by atoms with Crippen molar-refractivity contribution in [3.05, 3.63) is 34.9 Å². The number of likely N-dealkylation sites (N-methyl/N-ethyl adjacent to an activating group) is 1. The van der Waals surface area contributed by atoms with Crippen LogP contribution in [0.5, 0.6) is 0 Å². The molecule has 1 aliphatic rings. The summed E-state index contributed by atoms with van der Waals surface area (Å²) in [5, 5.41) is 6.63. The third-order valence-corrected chi connectivity index (χ3v) is 4.29. The molecule has 0 fully saturated rings. The molecule has 0 saturated heterocycles. The van der Waals surface area contributed by atoms with Gasteiger partial charge < -0.3 is 15.5 Å². The lowest BCUT2D eigenvalue weighted by Crippen LogP contribution is -2.42. The van der Waals surface area contributed by atoms with Crippen molar-refractivity contribution in [2.45, 2.75) is 39.2 Å². The minimum absolute atomic E-state index is 0. The van der Waals surface area contributed by atoms with E-state index in [0.717, 1.165) is 44.5 Å². The van der Waals surface area contributed by atoms with Crippen LogP contribution in [0.25, 0.3) is 0 Å². The Labute approximate surface area is 164 Å². The van der Waals surface area contributed by atoms with Crippen molar-refractivity contribution in [2.24, 2.45) is 5.92 Å². The van der Waals surface area contributed by atoms with Crippen molar-refractivity contribution in [3.63, 3.8) is 0 Å². The molecule has 0 radical (unpaired) electrons. The second kappa shape index (κ2) is 11.7. The molecule has 2 rings (SSSR count). The monoisotopic (exact) mass is 389 g/mol. The molecule has 1 aliphatic heterocycles. The van der Waals surface area contributed by atoms with Crippen LogP contribution in [-0.4, -0.2) is 50.6 Å². The Hall–Kier alpha value is -0.810. The Morgan fingerprint density at radius 3 is 2.40 bits per heavy atom. The molecule has 1 aromatic carbocycles. The molecule has 4 nitrogen and oxygen atoms in total. The fourth-order valence-electron chi connectivity index (χ4n) is 3.27. The first-order valence-corrected chi connectivity index (χ1v) is 8.74. The maximum atomic E-state index is 12.6. The number of hydrogen-bond acceptors (Lipinski definition) is 3. The lowest BCUT2D eigenvalue weighted by atomic mass is 9.99. The topological polar surface area (TPSA) is 44.4 Å². The summed E-state index contributed by atoms with van der Waals surface area (Å²) < 4.78 is 0. The number of nitrogens with one attached hydrogen (secondary N) is 2. The first kappa shape index (κ1) is 24.2. The van der Waals surface area contributed by atoms with Crippen LogP contribution < -0.4 is 10.6 Å². The third kappa shape index (κ3) is 7.95. The standard InChI is InChI=1S/C19H31N3O.2ClH/c1-14(2)11-18(13-22(3)4)21-19(23)17-6-5-15-7-9-20-10-8-16(15)12-17;;/h5-6,12,14,18,20H,7-11,13H2,1-4H3,(H,21,23);2*1H. The van der Waals surface area contributed by atoms with Crippen molar-refractivity contribution < 1.29 is 4.79 Å². The molecule has 2 N–H and O–H groups in total. The second-order valence-corrected chi connectivity index (χ2v) is 7.30. The van der Waals surface area contributed by atoms with Crippen molar-refractivity contribution in [1.29, 1.82) is 0 Å². The zero-order valence-electron chi connectivity index (χ0n) is 15.8. The number of benzene rings is 1. The highest BCUT2D eigenvalue weighted by Crippen LogP contribution is 2.16. The van der Waals surface area contributed by atoms with Gasteiger partial charge in [0.25, 0.3) is 5.91 Å². The Kier molecular flexibility index (Phi) is 11.4. The number of halogens is 2. The van der Waals surface area contributed by atoms with Gasteiger partial charge in [-0.2, -0.15) is 0 Å². The Morgan fingerprint density at radius 2 is 1.80 bits per heavy atom. The van der Waals surface area contributed by atoms with E-state index in [1.807, 2.05) is 6.07 Å². The number of rotatable bonds is 6. The van der Waals surface area contributed by atoms with Crippen LogP contribution in [0.2, 0.25) is 0 Å². The van der Waals surface area contributed by atoms with Gasteiger partial charge in [0, 0.05) is 18.2 Å². The van der Waals surface area contributed by atoms with Gasteiger partial charge in [0.15, 0.2) is 0 Å². The predicted molar refractivity (Wildman–Crippen MR) is 110 cm³/mol. The van der Waals surface area contributed by atoms with Crippen LogP contribution in [0.3, 0.4) is 0 Å². The zero-order chi connectivity index (χ0) is 16.8. The molecule has 6 heteroatoms. The quantitative estimate of drug-likeness (QED) is 0.785. The molecule has 1 unspecified atom stereocenters. The van der Waals surface area contributed by atoms with Crippen molar-refractivity contribution >= 4 is 30.7 Å². The molecule has 0 aliphatic carbocycles. The van der Waals surface area contributed by atoms with Gasteiger partial charge >= 0.3 is 0 Å². The number of nitrogens with zero attached hydrogens (tertiary/aromatic N) is 1. The minimum Gasteiger partial charge on any atom is -0.348 e. The maximum absolute atomic E-state index is 12.6. The van der Waals surface area contributed by atoms with E-state index in [9.17, 15) is 4.79 Å². The van der Waals surface area contributed by atoms with Gasteiger partial charge in [-0.15, -0.1) is 24.8 Å². The molecule has 0 bridgehead atoms. The van der Waals surface area contributed by atoms with Gasteiger partial charge in [0.2, 0.25) is 0 Å². The van der Waals surface area contributed by atoms with E-state index in [1.165, 1.54) is 11.1 Å². The Morgan fingerprint density at radius 1 is 1.16 bits per heavy atom. The molecule has 25 heavy (non-hydrogen) atoms. The summed E-state index contributed by atoms with van der Waals surface area (Å²) in [6.45, 7) is 7.29. The lowest BCUT2D eigenvalue weighted by molar-refractivity contribution is 0.0924. The average molecular weight is 390 g/mol. The van der Waals surface area contributed by atoms with Crippen molar-refractivity contribution in [3.8, 4) is 0 Å². The molecule has 144 valence electrons. The molecule has 0 spiro atoms. The van der Waals surface area contributed by atoms with E-state index in [0.29, 0.717) is 5.92 Å². The highest BCUT2D eigenvalue weighted by molar-refractivity contribution is 5.94. The van der Waals surface area contributed by atoms with Crippen molar-refractivity contribution in [2.75, 3.05) is 33.7 Å². The predicted octanol–water partition coefficient (Wildman–Crippen LogP) is 2.92. The SMILES string of the molecule is CC(C)CC(CN(C)C)NC(=O)c1ccc2c(c1)CCNCC2.Cl.Cl. The lowest BCUT2D eigenvalue weighted by Gasteiger charge is -2.24. The molecule has 1 heterocycles. The summed E-state index contributed by atoms with van der Waals surface area (Å²) in [5.74, 6) is 0.621. The van der Waals surface area contributed by atoms with Gasteiger partial charge in [0.1, 0.15) is 0 Å². The van der Waals surface area contributed by atoms with Crippen LogP contribution in [-0.2, 0) is 12.8 Å². The number of amides is 1. The molecule has 1 aromatic rings. The number of carbonyl (C=O) groups is 1. The van der Waals surface area contributed by atoms with E-state index in [1.54, 1.807) is 0 Å². The van der Waals surface area contributed by atoms with Gasteiger partial charge in [-0.3, -0.25) is 4.79 Å². The van der Waals surface area contributed by atoms with Crippen LogP contribution in [0.4, 0.5) is 0 Å². The first-order chi connectivity index (χ1) is 11.0. The molecular weight excluding hydrogens is 357 g/mol. The van der Waals surface area contributed by atoms with E-state index >= 15 is 0 Å². The van der Waals surface area contributed by atoms with Crippen LogP contribution in [0.15, 0.2) is 18.2 Å². The normalized spacial score (nSPS) is 14.8. The maximum Gasteiger partial charge on any atom is 0.251 e. The zero-order valence-corrected chi connectivity index (χ0v) is 17.4. The largest absolute Gasteiger partial charge is 0.348 e.